The zero-order valence-corrected chi connectivity index (χ0v) is 20.1. The third kappa shape index (κ3) is 6.75. The fourth-order valence-corrected chi connectivity index (χ4v) is 3.96. The molecule has 0 saturated carbocycles. The minimum Gasteiger partial charge on any atom is -0.459 e. The summed E-state index contributed by atoms with van der Waals surface area (Å²) in [6.45, 7) is 6.05. The Balaban J connectivity index is 1.93. The van der Waals surface area contributed by atoms with E-state index < -0.39 is 35.7 Å². The highest BCUT2D eigenvalue weighted by Crippen LogP contribution is 2.20. The van der Waals surface area contributed by atoms with Gasteiger partial charge in [0.2, 0.25) is 0 Å². The predicted molar refractivity (Wildman–Crippen MR) is 127 cm³/mol. The molecule has 1 aromatic heterocycles. The van der Waals surface area contributed by atoms with Crippen LogP contribution in [0.2, 0.25) is 0 Å². The summed E-state index contributed by atoms with van der Waals surface area (Å²) in [6, 6.07) is 3.99. The van der Waals surface area contributed by atoms with Crippen molar-refractivity contribution in [1.29, 1.82) is 0 Å². The third-order valence-corrected chi connectivity index (χ3v) is 5.65. The Bertz CT molecular complexity index is 1080. The number of carbonyl (C=O) groups is 4. The normalized spacial score (nSPS) is 16.9. The Kier molecular flexibility index (Phi) is 8.75. The third-order valence-electron chi connectivity index (χ3n) is 5.65. The number of rotatable bonds is 7. The van der Waals surface area contributed by atoms with Crippen molar-refractivity contribution in [3.63, 3.8) is 0 Å². The molecule has 0 spiro atoms. The Labute approximate surface area is 203 Å². The summed E-state index contributed by atoms with van der Waals surface area (Å²) < 4.78 is 19.5. The van der Waals surface area contributed by atoms with Crippen molar-refractivity contribution in [3.05, 3.63) is 53.7 Å². The quantitative estimate of drug-likeness (QED) is 0.553. The van der Waals surface area contributed by atoms with E-state index in [4.69, 9.17) is 4.42 Å². The van der Waals surface area contributed by atoms with E-state index in [9.17, 15) is 23.6 Å². The molecule has 3 N–H and O–H groups in total. The van der Waals surface area contributed by atoms with Crippen LogP contribution in [0.4, 0.5) is 14.9 Å². The Hall–Kier alpha value is -3.53. The number of furan rings is 1. The Morgan fingerprint density at radius 3 is 2.66 bits per heavy atom. The summed E-state index contributed by atoms with van der Waals surface area (Å²) in [5.41, 5.74) is 0.620. The van der Waals surface area contributed by atoms with E-state index in [1.165, 1.54) is 30.5 Å². The van der Waals surface area contributed by atoms with Crippen molar-refractivity contribution >= 4 is 29.3 Å². The van der Waals surface area contributed by atoms with Gasteiger partial charge >= 0.3 is 6.03 Å². The molecule has 1 aliphatic heterocycles. The number of halogens is 1. The predicted octanol–water partition coefficient (Wildman–Crippen LogP) is 3.25. The van der Waals surface area contributed by atoms with Gasteiger partial charge < -0.3 is 20.4 Å². The lowest BCUT2D eigenvalue weighted by Gasteiger charge is -2.32. The summed E-state index contributed by atoms with van der Waals surface area (Å²) in [5, 5.41) is 8.04. The van der Waals surface area contributed by atoms with Crippen LogP contribution in [0.15, 0.2) is 41.0 Å². The van der Waals surface area contributed by atoms with Crippen LogP contribution in [0.1, 0.15) is 49.2 Å². The fourth-order valence-electron chi connectivity index (χ4n) is 3.96. The van der Waals surface area contributed by atoms with Crippen LogP contribution in [0.3, 0.4) is 0 Å². The average Bonchev–Trinajstić information content (AvgIpc) is 3.14. The molecule has 9 nitrogen and oxygen atoms in total. The molecule has 1 aliphatic rings. The number of benzene rings is 1. The number of carbonyl (C=O) groups excluding carboxylic acids is 4. The van der Waals surface area contributed by atoms with Crippen LogP contribution < -0.4 is 16.0 Å². The molecule has 2 heterocycles. The number of imide groups is 1. The molecule has 10 heteroatoms. The molecule has 1 saturated heterocycles. The first kappa shape index (κ1) is 26.1. The molecule has 1 aromatic carbocycles. The number of urea groups is 1. The molecule has 0 bridgehead atoms. The highest BCUT2D eigenvalue weighted by atomic mass is 19.1. The molecular weight excluding hydrogens is 455 g/mol. The number of nitrogens with zero attached hydrogens (tertiary/aromatic N) is 1. The number of amides is 4. The van der Waals surface area contributed by atoms with Crippen molar-refractivity contribution in [2.45, 2.75) is 52.1 Å². The second kappa shape index (κ2) is 11.7. The second-order valence-corrected chi connectivity index (χ2v) is 9.06. The standard InChI is InChI=1S/C25H31FN4O5/c1-15(2)11-19(28-23(32)22-12-16(3)14-35-22)24(33)30(20-9-6-10-27-13-21(20)31)25(34)29-18-8-5-4-7-17(18)26/h4-5,7-8,12,14-15,19-20,27H,6,9-11,13H2,1-3H3,(H,28,32)(H,29,34)/t19?,20-/m0/s1. The van der Waals surface area contributed by atoms with Gasteiger partial charge in [-0.15, -0.1) is 0 Å². The maximum atomic E-state index is 14.2. The molecule has 188 valence electrons. The largest absolute Gasteiger partial charge is 0.459 e. The molecular formula is C25H31FN4O5. The number of nitrogens with one attached hydrogen (secondary N) is 3. The molecule has 3 rings (SSSR count). The number of hydrogen-bond acceptors (Lipinski definition) is 6. The van der Waals surface area contributed by atoms with E-state index in [1.807, 2.05) is 13.8 Å². The molecule has 0 radical (unpaired) electrons. The molecule has 2 atom stereocenters. The number of hydrogen-bond donors (Lipinski definition) is 3. The van der Waals surface area contributed by atoms with Gasteiger partial charge in [-0.05, 0) is 62.4 Å². The number of ketones is 1. The Morgan fingerprint density at radius 1 is 1.26 bits per heavy atom. The number of Topliss-reactive ketones (excluding diaryl/α,β-unsaturated/α-hetero) is 1. The van der Waals surface area contributed by atoms with Gasteiger partial charge in [0.05, 0.1) is 18.5 Å². The maximum absolute atomic E-state index is 14.2. The molecule has 4 amide bonds. The first-order chi connectivity index (χ1) is 16.7. The lowest BCUT2D eigenvalue weighted by molar-refractivity contribution is -0.137. The average molecular weight is 487 g/mol. The van der Waals surface area contributed by atoms with Crippen molar-refractivity contribution in [3.8, 4) is 0 Å². The van der Waals surface area contributed by atoms with E-state index in [0.717, 1.165) is 10.5 Å². The summed E-state index contributed by atoms with van der Waals surface area (Å²) >= 11 is 0. The summed E-state index contributed by atoms with van der Waals surface area (Å²) in [6.07, 6.45) is 2.44. The number of para-hydroxylation sites is 1. The minimum absolute atomic E-state index is 0.00565. The van der Waals surface area contributed by atoms with Crippen molar-refractivity contribution < 1.29 is 28.0 Å². The topological polar surface area (TPSA) is 121 Å². The monoisotopic (exact) mass is 486 g/mol. The summed E-state index contributed by atoms with van der Waals surface area (Å²) in [5.74, 6) is -2.37. The van der Waals surface area contributed by atoms with Crippen molar-refractivity contribution in [2.75, 3.05) is 18.4 Å². The van der Waals surface area contributed by atoms with Gasteiger partial charge in [0.25, 0.3) is 11.8 Å². The van der Waals surface area contributed by atoms with E-state index in [2.05, 4.69) is 16.0 Å². The van der Waals surface area contributed by atoms with Gasteiger partial charge in [0, 0.05) is 0 Å². The van der Waals surface area contributed by atoms with Crippen LogP contribution in [0.25, 0.3) is 0 Å². The van der Waals surface area contributed by atoms with Gasteiger partial charge in [-0.2, -0.15) is 0 Å². The van der Waals surface area contributed by atoms with Crippen LogP contribution >= 0.6 is 0 Å². The molecule has 1 fully saturated rings. The zero-order valence-electron chi connectivity index (χ0n) is 20.1. The van der Waals surface area contributed by atoms with Crippen LogP contribution in [0.5, 0.6) is 0 Å². The number of aryl methyl sites for hydroxylation is 1. The van der Waals surface area contributed by atoms with Crippen LogP contribution in [-0.4, -0.2) is 53.7 Å². The molecule has 35 heavy (non-hydrogen) atoms. The lowest BCUT2D eigenvalue weighted by atomic mass is 9.99. The van der Waals surface area contributed by atoms with Gasteiger partial charge in [-0.3, -0.25) is 19.3 Å². The maximum Gasteiger partial charge on any atom is 0.329 e. The summed E-state index contributed by atoms with van der Waals surface area (Å²) in [4.78, 5) is 53.6. The molecule has 0 aliphatic carbocycles. The first-order valence-corrected chi connectivity index (χ1v) is 11.7. The van der Waals surface area contributed by atoms with Gasteiger partial charge in [0.1, 0.15) is 17.9 Å². The molecule has 1 unspecified atom stereocenters. The highest BCUT2D eigenvalue weighted by Gasteiger charge is 2.39. The Morgan fingerprint density at radius 2 is 2.00 bits per heavy atom. The van der Waals surface area contributed by atoms with E-state index in [1.54, 1.807) is 13.0 Å². The highest BCUT2D eigenvalue weighted by molar-refractivity contribution is 6.08. The smallest absolute Gasteiger partial charge is 0.329 e. The van der Waals surface area contributed by atoms with Crippen molar-refractivity contribution in [2.24, 2.45) is 5.92 Å². The molecule has 2 aromatic rings. The van der Waals surface area contributed by atoms with Crippen molar-refractivity contribution in [1.82, 2.24) is 15.5 Å². The van der Waals surface area contributed by atoms with E-state index >= 15 is 0 Å². The fraction of sp³-hybridized carbons (Fsp3) is 0.440. The SMILES string of the molecule is Cc1coc(C(=O)NC(CC(C)C)C(=O)N(C(=O)Nc2ccccc2F)[C@H]2CCCNCC2=O)c1. The minimum atomic E-state index is -1.11. The van der Waals surface area contributed by atoms with Crippen LogP contribution in [0, 0.1) is 18.7 Å². The van der Waals surface area contributed by atoms with Gasteiger partial charge in [-0.1, -0.05) is 26.0 Å². The second-order valence-electron chi connectivity index (χ2n) is 9.06. The van der Waals surface area contributed by atoms with Crippen LogP contribution in [-0.2, 0) is 9.59 Å². The summed E-state index contributed by atoms with van der Waals surface area (Å²) in [7, 11) is 0. The van der Waals surface area contributed by atoms with Gasteiger partial charge in [0.15, 0.2) is 11.5 Å². The van der Waals surface area contributed by atoms with Gasteiger partial charge in [-0.25, -0.2) is 9.18 Å². The first-order valence-electron chi connectivity index (χ1n) is 11.7. The lowest BCUT2D eigenvalue weighted by Crippen LogP contribution is -2.58. The zero-order chi connectivity index (χ0) is 25.5. The van der Waals surface area contributed by atoms with E-state index in [0.29, 0.717) is 13.0 Å². The number of anilines is 1. The van der Waals surface area contributed by atoms with E-state index in [-0.39, 0.29) is 42.5 Å².